The minimum absolute atomic E-state index is 0.181. The Morgan fingerprint density at radius 1 is 1.14 bits per heavy atom. The molecule has 1 heterocycles. The van der Waals surface area contributed by atoms with Crippen LogP contribution in [0.15, 0.2) is 18.3 Å². The van der Waals surface area contributed by atoms with Crippen molar-refractivity contribution in [2.75, 3.05) is 6.61 Å². The molecule has 0 aliphatic rings. The molecular formula is C18H32BNO. The van der Waals surface area contributed by atoms with Gasteiger partial charge in [-0.05, 0) is 29.9 Å². The molecule has 0 aromatic carbocycles. The average molecular weight is 289 g/mol. The molecule has 0 bridgehead atoms. The van der Waals surface area contributed by atoms with Crippen LogP contribution in [0.25, 0.3) is 0 Å². The van der Waals surface area contributed by atoms with Crippen LogP contribution in [0.5, 0.6) is 5.75 Å². The van der Waals surface area contributed by atoms with E-state index in [0.29, 0.717) is 11.2 Å². The van der Waals surface area contributed by atoms with Crippen LogP contribution in [0.2, 0.25) is 11.6 Å². The largest absolute Gasteiger partial charge is 0.491 e. The number of ether oxygens (including phenoxy) is 1. The summed E-state index contributed by atoms with van der Waals surface area (Å²) in [5, 5.41) is 0.423. The van der Waals surface area contributed by atoms with Gasteiger partial charge in [0.05, 0.1) is 12.8 Å². The highest BCUT2D eigenvalue weighted by molar-refractivity contribution is 6.39. The minimum Gasteiger partial charge on any atom is -0.491 e. The van der Waals surface area contributed by atoms with E-state index in [1.807, 2.05) is 12.3 Å². The Kier molecular flexibility index (Phi) is 6.31. The van der Waals surface area contributed by atoms with E-state index in [1.54, 1.807) is 0 Å². The molecule has 1 aromatic heterocycles. The van der Waals surface area contributed by atoms with Gasteiger partial charge in [0.15, 0.2) is 0 Å². The van der Waals surface area contributed by atoms with Crippen LogP contribution in [0.4, 0.5) is 0 Å². The van der Waals surface area contributed by atoms with Crippen molar-refractivity contribution in [1.82, 2.24) is 4.98 Å². The number of hydrogen-bond acceptors (Lipinski definition) is 2. The molecule has 0 aliphatic carbocycles. The monoisotopic (exact) mass is 289 g/mol. The van der Waals surface area contributed by atoms with Gasteiger partial charge in [0.2, 0.25) is 0 Å². The molecule has 1 aromatic rings. The van der Waals surface area contributed by atoms with E-state index in [2.05, 4.69) is 59.5 Å². The number of nitrogens with zero attached hydrogens (tertiary/aromatic N) is 1. The van der Waals surface area contributed by atoms with Crippen molar-refractivity contribution in [3.05, 3.63) is 24.0 Å². The molecule has 1 rings (SSSR count). The molecule has 0 fully saturated rings. The summed E-state index contributed by atoms with van der Waals surface area (Å²) < 4.78 is 5.76. The highest BCUT2D eigenvalue weighted by atomic mass is 16.5. The van der Waals surface area contributed by atoms with Crippen LogP contribution in [-0.2, 0) is 6.42 Å². The summed E-state index contributed by atoms with van der Waals surface area (Å²) in [6, 6.07) is 4.15. The van der Waals surface area contributed by atoms with Gasteiger partial charge in [0, 0.05) is 5.69 Å². The minimum atomic E-state index is 0.181. The van der Waals surface area contributed by atoms with Gasteiger partial charge >= 0.3 is 0 Å². The molecule has 0 spiro atoms. The summed E-state index contributed by atoms with van der Waals surface area (Å²) in [6.07, 6.45) is 4.17. The van der Waals surface area contributed by atoms with Gasteiger partial charge in [-0.2, -0.15) is 0 Å². The highest BCUT2D eigenvalue weighted by Crippen LogP contribution is 2.25. The summed E-state index contributed by atoms with van der Waals surface area (Å²) in [6.45, 7) is 16.5. The fourth-order valence-electron chi connectivity index (χ4n) is 2.06. The summed E-state index contributed by atoms with van der Waals surface area (Å²) >= 11 is 0. The van der Waals surface area contributed by atoms with Crippen molar-refractivity contribution in [3.8, 4) is 5.75 Å². The van der Waals surface area contributed by atoms with Crippen molar-refractivity contribution in [3.63, 3.8) is 0 Å². The number of pyridine rings is 1. The van der Waals surface area contributed by atoms with E-state index in [-0.39, 0.29) is 5.41 Å². The first-order valence-corrected chi connectivity index (χ1v) is 8.13. The fourth-order valence-corrected chi connectivity index (χ4v) is 2.06. The van der Waals surface area contributed by atoms with Crippen molar-refractivity contribution in [1.29, 1.82) is 0 Å². The summed E-state index contributed by atoms with van der Waals surface area (Å²) in [5.41, 5.74) is 1.35. The molecule has 0 radical (unpaired) electrons. The van der Waals surface area contributed by atoms with Crippen LogP contribution < -0.4 is 4.74 Å². The number of rotatable bonds is 6. The first kappa shape index (κ1) is 18.1. The van der Waals surface area contributed by atoms with E-state index in [9.17, 15) is 0 Å². The van der Waals surface area contributed by atoms with Gasteiger partial charge in [-0.25, -0.2) is 0 Å². The van der Waals surface area contributed by atoms with Gasteiger partial charge in [-0.1, -0.05) is 60.1 Å². The summed E-state index contributed by atoms with van der Waals surface area (Å²) in [5.74, 6) is 1.55. The van der Waals surface area contributed by atoms with Gasteiger partial charge in [-0.3, -0.25) is 4.98 Å². The van der Waals surface area contributed by atoms with Gasteiger partial charge in [-0.15, -0.1) is 0 Å². The van der Waals surface area contributed by atoms with E-state index in [4.69, 9.17) is 4.74 Å². The molecule has 0 saturated heterocycles. The summed E-state index contributed by atoms with van der Waals surface area (Å²) in [4.78, 5) is 4.54. The zero-order valence-corrected chi connectivity index (χ0v) is 15.0. The van der Waals surface area contributed by atoms with Crippen LogP contribution in [-0.4, -0.2) is 18.9 Å². The van der Waals surface area contributed by atoms with Crippen molar-refractivity contribution in [2.24, 2.45) is 11.3 Å². The predicted octanol–water partition coefficient (Wildman–Crippen LogP) is 4.76. The molecule has 0 aliphatic heterocycles. The van der Waals surface area contributed by atoms with Crippen molar-refractivity contribution >= 4 is 7.28 Å². The third kappa shape index (κ3) is 8.80. The van der Waals surface area contributed by atoms with Gasteiger partial charge < -0.3 is 4.74 Å². The SMILES string of the molecule is C[C@H](CBC(C)(C)C)Cc1ccc(OCC(C)(C)C)cn1. The smallest absolute Gasteiger partial charge is 0.137 e. The van der Waals surface area contributed by atoms with E-state index < -0.39 is 0 Å². The Hall–Kier alpha value is -0.985. The normalized spacial score (nSPS) is 13.9. The number of aromatic nitrogens is 1. The second kappa shape index (κ2) is 7.33. The molecule has 0 unspecified atom stereocenters. The zero-order valence-electron chi connectivity index (χ0n) is 15.0. The molecular weight excluding hydrogens is 257 g/mol. The Bertz CT molecular complexity index is 414. The van der Waals surface area contributed by atoms with Crippen molar-refractivity contribution in [2.45, 2.75) is 66.5 Å². The third-order valence-electron chi connectivity index (χ3n) is 3.41. The molecule has 2 nitrogen and oxygen atoms in total. The Morgan fingerprint density at radius 2 is 1.81 bits per heavy atom. The Labute approximate surface area is 131 Å². The van der Waals surface area contributed by atoms with Crippen LogP contribution in [0.1, 0.15) is 54.2 Å². The fraction of sp³-hybridized carbons (Fsp3) is 0.722. The lowest BCUT2D eigenvalue weighted by Crippen LogP contribution is -2.17. The second-order valence-corrected chi connectivity index (χ2v) is 8.74. The average Bonchev–Trinajstić information content (AvgIpc) is 2.34. The number of hydrogen-bond donors (Lipinski definition) is 0. The van der Waals surface area contributed by atoms with Crippen LogP contribution in [0, 0.1) is 11.3 Å². The predicted molar refractivity (Wildman–Crippen MR) is 93.7 cm³/mol. The molecule has 0 amide bonds. The maximum absolute atomic E-state index is 5.76. The Balaban J connectivity index is 2.43. The zero-order chi connectivity index (χ0) is 16.1. The Morgan fingerprint density at radius 3 is 2.29 bits per heavy atom. The van der Waals surface area contributed by atoms with Crippen LogP contribution >= 0.6 is 0 Å². The van der Waals surface area contributed by atoms with Gasteiger partial charge in [0.25, 0.3) is 0 Å². The first-order valence-electron chi connectivity index (χ1n) is 8.13. The molecule has 3 heteroatoms. The molecule has 0 saturated carbocycles. The molecule has 118 valence electrons. The van der Waals surface area contributed by atoms with E-state index in [1.165, 1.54) is 19.3 Å². The van der Waals surface area contributed by atoms with Gasteiger partial charge in [0.1, 0.15) is 13.0 Å². The highest BCUT2D eigenvalue weighted by Gasteiger charge is 2.15. The lowest BCUT2D eigenvalue weighted by atomic mass is 9.51. The quantitative estimate of drug-likeness (QED) is 0.704. The molecule has 21 heavy (non-hydrogen) atoms. The third-order valence-corrected chi connectivity index (χ3v) is 3.41. The lowest BCUT2D eigenvalue weighted by molar-refractivity contribution is 0.197. The first-order chi connectivity index (χ1) is 9.55. The maximum atomic E-state index is 5.76. The standard InChI is InChI=1S/C18H32BNO/c1-14(11-19-18(5,6)7)10-15-8-9-16(12-20-15)21-13-17(2,3)4/h8-9,12,14,19H,10-11,13H2,1-7H3/t14-/m0/s1. The topological polar surface area (TPSA) is 22.1 Å². The maximum Gasteiger partial charge on any atom is 0.137 e. The molecule has 0 N–H and O–H groups in total. The summed E-state index contributed by atoms with van der Waals surface area (Å²) in [7, 11) is 1.26. The van der Waals surface area contributed by atoms with Crippen molar-refractivity contribution < 1.29 is 4.74 Å². The second-order valence-electron chi connectivity index (χ2n) is 8.74. The lowest BCUT2D eigenvalue weighted by Gasteiger charge is -2.20. The molecule has 1 atom stereocenters. The van der Waals surface area contributed by atoms with E-state index in [0.717, 1.165) is 18.8 Å². The van der Waals surface area contributed by atoms with Crippen LogP contribution in [0.3, 0.4) is 0 Å². The van der Waals surface area contributed by atoms with E-state index >= 15 is 0 Å².